The van der Waals surface area contributed by atoms with Crippen molar-refractivity contribution >= 4 is 5.96 Å². The van der Waals surface area contributed by atoms with Gasteiger partial charge in [0.2, 0.25) is 0 Å². The monoisotopic (exact) mass is 426 g/mol. The first-order chi connectivity index (χ1) is 15.2. The summed E-state index contributed by atoms with van der Waals surface area (Å²) in [5.41, 5.74) is 2.99. The fraction of sp³-hybridized carbons (Fsp3) is 0.458. The number of hydrogen-bond donors (Lipinski definition) is 2. The number of aliphatic imine (C=N–C) groups is 1. The van der Waals surface area contributed by atoms with Crippen LogP contribution in [0.5, 0.6) is 5.75 Å². The first-order valence-corrected chi connectivity index (χ1v) is 11.0. The molecule has 0 aromatic heterocycles. The topological polar surface area (TPSA) is 58.1 Å². The molecule has 4 rings (SSSR count). The molecule has 0 unspecified atom stereocenters. The van der Waals surface area contributed by atoms with Gasteiger partial charge < -0.3 is 20.1 Å². The molecule has 0 bridgehead atoms. The zero-order valence-electron chi connectivity index (χ0n) is 18.1. The molecule has 2 aromatic carbocycles. The van der Waals surface area contributed by atoms with Gasteiger partial charge in [-0.25, -0.2) is 4.39 Å². The van der Waals surface area contributed by atoms with Gasteiger partial charge in [0.25, 0.3) is 0 Å². The van der Waals surface area contributed by atoms with Crippen LogP contribution in [0.3, 0.4) is 0 Å². The predicted octanol–water partition coefficient (Wildman–Crippen LogP) is 3.06. The van der Waals surface area contributed by atoms with E-state index in [-0.39, 0.29) is 12.6 Å². The van der Waals surface area contributed by atoms with Gasteiger partial charge in [0.05, 0.1) is 6.61 Å². The van der Waals surface area contributed by atoms with E-state index in [1.165, 1.54) is 11.6 Å². The van der Waals surface area contributed by atoms with Crippen LogP contribution in [0.15, 0.2) is 47.5 Å². The Morgan fingerprint density at radius 2 is 2.00 bits per heavy atom. The van der Waals surface area contributed by atoms with Gasteiger partial charge in [0.15, 0.2) is 12.8 Å². The van der Waals surface area contributed by atoms with Crippen LogP contribution in [0.1, 0.15) is 29.5 Å². The minimum Gasteiger partial charge on any atom is -0.467 e. The lowest BCUT2D eigenvalue weighted by molar-refractivity contribution is -0.0172. The van der Waals surface area contributed by atoms with Gasteiger partial charge in [-0.2, -0.15) is 0 Å². The summed E-state index contributed by atoms with van der Waals surface area (Å²) in [5.74, 6) is 1.28. The molecule has 31 heavy (non-hydrogen) atoms. The Hall–Kier alpha value is -2.64. The smallest absolute Gasteiger partial charge is 0.191 e. The average molecular weight is 427 g/mol. The van der Waals surface area contributed by atoms with Crippen LogP contribution in [0.2, 0.25) is 0 Å². The highest BCUT2D eigenvalue weighted by molar-refractivity contribution is 5.80. The van der Waals surface area contributed by atoms with Gasteiger partial charge in [-0.3, -0.25) is 9.89 Å². The molecule has 2 N–H and O–H groups in total. The predicted molar refractivity (Wildman–Crippen MR) is 120 cm³/mol. The quantitative estimate of drug-likeness (QED) is 0.549. The van der Waals surface area contributed by atoms with Crippen LogP contribution in [0.25, 0.3) is 0 Å². The van der Waals surface area contributed by atoms with E-state index in [0.717, 1.165) is 55.3 Å². The molecule has 2 aromatic rings. The molecule has 2 aliphatic heterocycles. The Labute approximate surface area is 183 Å². The maximum atomic E-state index is 13.9. The minimum atomic E-state index is -0.257. The number of guanidine groups is 1. The summed E-state index contributed by atoms with van der Waals surface area (Å²) in [4.78, 5) is 6.86. The number of ether oxygens (including phenoxy) is 2. The summed E-state index contributed by atoms with van der Waals surface area (Å²) in [6.07, 6.45) is 2.81. The second kappa shape index (κ2) is 10.6. The van der Waals surface area contributed by atoms with E-state index in [9.17, 15) is 4.39 Å². The fourth-order valence-electron chi connectivity index (χ4n) is 4.22. The van der Waals surface area contributed by atoms with Crippen molar-refractivity contribution in [2.45, 2.75) is 38.5 Å². The lowest BCUT2D eigenvalue weighted by Gasteiger charge is -2.33. The zero-order chi connectivity index (χ0) is 21.5. The molecule has 166 valence electrons. The highest BCUT2D eigenvalue weighted by Crippen LogP contribution is 2.29. The Kier molecular flexibility index (Phi) is 7.38. The van der Waals surface area contributed by atoms with E-state index in [1.54, 1.807) is 13.1 Å². The Balaban J connectivity index is 1.22. The van der Waals surface area contributed by atoms with E-state index in [1.807, 2.05) is 0 Å². The Bertz CT molecular complexity index is 883. The third-order valence-electron chi connectivity index (χ3n) is 5.84. The van der Waals surface area contributed by atoms with Crippen LogP contribution < -0.4 is 15.4 Å². The summed E-state index contributed by atoms with van der Waals surface area (Å²) in [5, 5.41) is 6.90. The SMILES string of the molecule is CN=C(NCCc1cc(F)cc2c1OCOC2)NC1CCN(Cc2ccccc2)CC1. The lowest BCUT2D eigenvalue weighted by atomic mass is 10.0. The molecule has 1 saturated heterocycles. The molecular formula is C24H31FN4O2. The number of nitrogens with one attached hydrogen (secondary N) is 2. The van der Waals surface area contributed by atoms with Crippen molar-refractivity contribution in [1.29, 1.82) is 0 Å². The standard InChI is InChI=1S/C24H31FN4O2/c1-26-24(27-10-7-19-13-21(25)14-20-16-30-17-31-23(19)20)28-22-8-11-29(12-9-22)15-18-5-3-2-4-6-18/h2-6,13-14,22H,7-12,15-17H2,1H3,(H2,26,27,28). The van der Waals surface area contributed by atoms with E-state index in [0.29, 0.717) is 25.6 Å². The molecule has 0 atom stereocenters. The third kappa shape index (κ3) is 5.95. The Morgan fingerprint density at radius 1 is 1.19 bits per heavy atom. The highest BCUT2D eigenvalue weighted by Gasteiger charge is 2.20. The van der Waals surface area contributed by atoms with Crippen molar-refractivity contribution in [3.05, 3.63) is 65.0 Å². The van der Waals surface area contributed by atoms with Crippen LogP contribution in [-0.4, -0.2) is 50.4 Å². The summed E-state index contributed by atoms with van der Waals surface area (Å²) in [6, 6.07) is 14.1. The number of hydrogen-bond acceptors (Lipinski definition) is 4. The molecule has 2 heterocycles. The van der Waals surface area contributed by atoms with E-state index >= 15 is 0 Å². The molecule has 0 spiro atoms. The number of benzene rings is 2. The number of halogens is 1. The molecule has 0 aliphatic carbocycles. The van der Waals surface area contributed by atoms with Crippen molar-refractivity contribution in [1.82, 2.24) is 15.5 Å². The van der Waals surface area contributed by atoms with Crippen molar-refractivity contribution in [2.75, 3.05) is 33.5 Å². The molecule has 6 nitrogen and oxygen atoms in total. The van der Waals surface area contributed by atoms with Gasteiger partial charge in [-0.15, -0.1) is 0 Å². The lowest BCUT2D eigenvalue weighted by Crippen LogP contribution is -2.48. The number of likely N-dealkylation sites (tertiary alicyclic amines) is 1. The summed E-state index contributed by atoms with van der Waals surface area (Å²) < 4.78 is 24.8. The van der Waals surface area contributed by atoms with Crippen molar-refractivity contribution in [3.8, 4) is 5.75 Å². The number of rotatable bonds is 6. The molecule has 2 aliphatic rings. The number of nitrogens with zero attached hydrogens (tertiary/aromatic N) is 2. The average Bonchev–Trinajstić information content (AvgIpc) is 2.80. The molecule has 0 amide bonds. The summed E-state index contributed by atoms with van der Waals surface area (Å²) in [6.45, 7) is 4.39. The first-order valence-electron chi connectivity index (χ1n) is 11.0. The second-order valence-corrected chi connectivity index (χ2v) is 8.09. The number of fused-ring (bicyclic) bond motifs is 1. The van der Waals surface area contributed by atoms with Crippen LogP contribution in [-0.2, 0) is 24.3 Å². The van der Waals surface area contributed by atoms with E-state index in [2.05, 4.69) is 50.9 Å². The summed E-state index contributed by atoms with van der Waals surface area (Å²) >= 11 is 0. The summed E-state index contributed by atoms with van der Waals surface area (Å²) in [7, 11) is 1.78. The number of piperidine rings is 1. The second-order valence-electron chi connectivity index (χ2n) is 8.09. The zero-order valence-corrected chi connectivity index (χ0v) is 18.1. The molecule has 7 heteroatoms. The maximum Gasteiger partial charge on any atom is 0.191 e. The van der Waals surface area contributed by atoms with E-state index in [4.69, 9.17) is 9.47 Å². The maximum absolute atomic E-state index is 13.9. The Morgan fingerprint density at radius 3 is 2.77 bits per heavy atom. The van der Waals surface area contributed by atoms with Crippen molar-refractivity contribution in [3.63, 3.8) is 0 Å². The van der Waals surface area contributed by atoms with Crippen LogP contribution >= 0.6 is 0 Å². The molecule has 0 radical (unpaired) electrons. The normalized spacial score (nSPS) is 17.7. The van der Waals surface area contributed by atoms with Gasteiger partial charge in [0, 0.05) is 44.8 Å². The minimum absolute atomic E-state index is 0.214. The van der Waals surface area contributed by atoms with E-state index < -0.39 is 0 Å². The van der Waals surface area contributed by atoms with Crippen molar-refractivity contribution < 1.29 is 13.9 Å². The van der Waals surface area contributed by atoms with Gasteiger partial charge >= 0.3 is 0 Å². The van der Waals surface area contributed by atoms with Crippen LogP contribution in [0, 0.1) is 5.82 Å². The van der Waals surface area contributed by atoms with Crippen LogP contribution in [0.4, 0.5) is 4.39 Å². The van der Waals surface area contributed by atoms with Gasteiger partial charge in [-0.1, -0.05) is 30.3 Å². The molecular weight excluding hydrogens is 395 g/mol. The molecule has 1 fully saturated rings. The highest BCUT2D eigenvalue weighted by atomic mass is 19.1. The van der Waals surface area contributed by atoms with Gasteiger partial charge in [-0.05, 0) is 42.5 Å². The largest absolute Gasteiger partial charge is 0.467 e. The van der Waals surface area contributed by atoms with Crippen molar-refractivity contribution in [2.24, 2.45) is 4.99 Å². The third-order valence-corrected chi connectivity index (χ3v) is 5.84. The first kappa shape index (κ1) is 21.6. The molecule has 0 saturated carbocycles. The fourth-order valence-corrected chi connectivity index (χ4v) is 4.22. The van der Waals surface area contributed by atoms with Gasteiger partial charge in [0.1, 0.15) is 11.6 Å².